The van der Waals surface area contributed by atoms with Gasteiger partial charge < -0.3 is 9.42 Å². The Morgan fingerprint density at radius 2 is 1.91 bits per heavy atom. The van der Waals surface area contributed by atoms with Gasteiger partial charge in [-0.15, -0.1) is 11.3 Å². The minimum atomic E-state index is 0.576. The predicted octanol–water partition coefficient (Wildman–Crippen LogP) is 4.59. The van der Waals surface area contributed by atoms with Gasteiger partial charge in [-0.25, -0.2) is 0 Å². The molecule has 2 heterocycles. The average Bonchev–Trinajstić information content (AvgIpc) is 3.25. The van der Waals surface area contributed by atoms with E-state index in [0.29, 0.717) is 18.3 Å². The Morgan fingerprint density at radius 1 is 1.04 bits per heavy atom. The topological polar surface area (TPSA) is 42.2 Å². The van der Waals surface area contributed by atoms with Gasteiger partial charge in [0.15, 0.2) is 0 Å². The highest BCUT2D eigenvalue weighted by atomic mass is 32.1. The molecule has 0 unspecified atom stereocenters. The van der Waals surface area contributed by atoms with Crippen LogP contribution in [0.5, 0.6) is 0 Å². The Morgan fingerprint density at radius 3 is 2.78 bits per heavy atom. The lowest BCUT2D eigenvalue weighted by Gasteiger charge is -2.19. The van der Waals surface area contributed by atoms with Crippen LogP contribution in [0.2, 0.25) is 0 Å². The van der Waals surface area contributed by atoms with Crippen molar-refractivity contribution in [3.05, 3.63) is 65.9 Å². The van der Waals surface area contributed by atoms with E-state index >= 15 is 0 Å². The maximum absolute atomic E-state index is 5.40. The van der Waals surface area contributed by atoms with Crippen LogP contribution in [-0.4, -0.2) is 17.2 Å². The minimum Gasteiger partial charge on any atom is -0.365 e. The molecule has 0 amide bonds. The quantitative estimate of drug-likeness (QED) is 0.551. The molecule has 4 aromatic rings. The third-order valence-electron chi connectivity index (χ3n) is 3.76. The molecule has 0 bridgehead atoms. The lowest BCUT2D eigenvalue weighted by molar-refractivity contribution is 0.379. The summed E-state index contributed by atoms with van der Waals surface area (Å²) in [6.07, 6.45) is 0. The summed E-state index contributed by atoms with van der Waals surface area (Å²) in [5, 5.41) is 8.51. The summed E-state index contributed by atoms with van der Waals surface area (Å²) < 4.78 is 5.40. The third-order valence-corrected chi connectivity index (χ3v) is 4.63. The molecular weight excluding hydrogens is 306 g/mol. The van der Waals surface area contributed by atoms with Crippen molar-refractivity contribution in [2.45, 2.75) is 6.54 Å². The average molecular weight is 321 g/mol. The summed E-state index contributed by atoms with van der Waals surface area (Å²) in [7, 11) is 2.04. The number of rotatable bonds is 4. The molecule has 0 aliphatic heterocycles. The maximum atomic E-state index is 5.40. The Labute approximate surface area is 138 Å². The molecule has 0 fully saturated rings. The summed E-state index contributed by atoms with van der Waals surface area (Å²) in [6, 6.07) is 18.6. The molecule has 2 aromatic heterocycles. The van der Waals surface area contributed by atoms with Gasteiger partial charge >= 0.3 is 0 Å². The molecule has 0 N–H and O–H groups in total. The van der Waals surface area contributed by atoms with E-state index in [0.717, 1.165) is 10.6 Å². The van der Waals surface area contributed by atoms with Crippen LogP contribution in [0.4, 0.5) is 5.69 Å². The molecule has 0 aliphatic rings. The van der Waals surface area contributed by atoms with Crippen molar-refractivity contribution in [2.75, 3.05) is 11.9 Å². The van der Waals surface area contributed by atoms with Crippen LogP contribution >= 0.6 is 11.3 Å². The van der Waals surface area contributed by atoms with Crippen molar-refractivity contribution in [2.24, 2.45) is 0 Å². The molecule has 0 atom stereocenters. The molecule has 0 aliphatic carbocycles. The smallest absolute Gasteiger partial charge is 0.246 e. The molecule has 114 valence electrons. The zero-order valence-electron chi connectivity index (χ0n) is 12.6. The molecule has 4 rings (SSSR count). The standard InChI is InChI=1S/C18H15N3OS/c1-21(15-9-4-7-13-6-2-3-8-14(13)15)12-17-19-18(20-22-17)16-10-5-11-23-16/h2-11H,12H2,1H3. The van der Waals surface area contributed by atoms with Crippen LogP contribution in [0.25, 0.3) is 21.5 Å². The maximum Gasteiger partial charge on any atom is 0.246 e. The number of hydrogen-bond acceptors (Lipinski definition) is 5. The number of benzene rings is 2. The van der Waals surface area contributed by atoms with E-state index in [1.807, 2.05) is 24.6 Å². The molecule has 0 radical (unpaired) electrons. The highest BCUT2D eigenvalue weighted by Crippen LogP contribution is 2.27. The predicted molar refractivity (Wildman–Crippen MR) is 93.7 cm³/mol. The second-order valence-electron chi connectivity index (χ2n) is 5.34. The largest absolute Gasteiger partial charge is 0.365 e. The van der Waals surface area contributed by atoms with Crippen LogP contribution in [0.15, 0.2) is 64.5 Å². The zero-order chi connectivity index (χ0) is 15.6. The number of hydrogen-bond donors (Lipinski definition) is 0. The molecule has 2 aromatic carbocycles. The van der Waals surface area contributed by atoms with Crippen molar-refractivity contribution in [1.29, 1.82) is 0 Å². The summed E-state index contributed by atoms with van der Waals surface area (Å²) in [4.78, 5) is 7.64. The van der Waals surface area contributed by atoms with Crippen molar-refractivity contribution >= 4 is 27.8 Å². The van der Waals surface area contributed by atoms with Crippen LogP contribution in [-0.2, 0) is 6.54 Å². The van der Waals surface area contributed by atoms with Crippen LogP contribution in [0.1, 0.15) is 5.89 Å². The van der Waals surface area contributed by atoms with Crippen molar-refractivity contribution in [1.82, 2.24) is 10.1 Å². The molecule has 0 saturated heterocycles. The first-order valence-electron chi connectivity index (χ1n) is 7.36. The first kappa shape index (κ1) is 14.0. The van der Waals surface area contributed by atoms with Crippen molar-refractivity contribution in [3.8, 4) is 10.7 Å². The minimum absolute atomic E-state index is 0.576. The Kier molecular flexibility index (Phi) is 3.55. The molecular formula is C18H15N3OS. The SMILES string of the molecule is CN(Cc1nc(-c2cccs2)no1)c1cccc2ccccc12. The van der Waals surface area contributed by atoms with Crippen molar-refractivity contribution < 1.29 is 4.52 Å². The van der Waals surface area contributed by atoms with Gasteiger partial charge in [0.2, 0.25) is 11.7 Å². The van der Waals surface area contributed by atoms with Gasteiger partial charge in [-0.1, -0.05) is 47.6 Å². The first-order chi connectivity index (χ1) is 11.3. The van der Waals surface area contributed by atoms with Crippen molar-refractivity contribution in [3.63, 3.8) is 0 Å². The van der Waals surface area contributed by atoms with E-state index in [4.69, 9.17) is 4.52 Å². The Balaban J connectivity index is 1.61. The van der Waals surface area contributed by atoms with E-state index in [9.17, 15) is 0 Å². The molecule has 0 spiro atoms. The van der Waals surface area contributed by atoms with Gasteiger partial charge in [-0.3, -0.25) is 0 Å². The second-order valence-corrected chi connectivity index (χ2v) is 6.29. The van der Waals surface area contributed by atoms with Gasteiger partial charge in [0.1, 0.15) is 0 Å². The summed E-state index contributed by atoms with van der Waals surface area (Å²) in [5.41, 5.74) is 1.15. The fourth-order valence-electron chi connectivity index (χ4n) is 2.65. The first-order valence-corrected chi connectivity index (χ1v) is 8.24. The van der Waals surface area contributed by atoms with Gasteiger partial charge in [0, 0.05) is 18.1 Å². The third kappa shape index (κ3) is 2.71. The van der Waals surface area contributed by atoms with Gasteiger partial charge in [-0.2, -0.15) is 4.98 Å². The van der Waals surface area contributed by atoms with Crippen LogP contribution < -0.4 is 4.90 Å². The number of anilines is 1. The Hall–Kier alpha value is -2.66. The van der Waals surface area contributed by atoms with E-state index in [1.165, 1.54) is 10.8 Å². The van der Waals surface area contributed by atoms with Gasteiger partial charge in [-0.05, 0) is 22.9 Å². The highest BCUT2D eigenvalue weighted by Gasteiger charge is 2.13. The molecule has 23 heavy (non-hydrogen) atoms. The fraction of sp³-hybridized carbons (Fsp3) is 0.111. The normalized spacial score (nSPS) is 11.0. The molecule has 0 saturated carbocycles. The lowest BCUT2D eigenvalue weighted by atomic mass is 10.1. The number of nitrogens with zero attached hydrogens (tertiary/aromatic N) is 3. The van der Waals surface area contributed by atoms with E-state index in [1.54, 1.807) is 11.3 Å². The summed E-state index contributed by atoms with van der Waals surface area (Å²) >= 11 is 1.61. The zero-order valence-corrected chi connectivity index (χ0v) is 13.5. The van der Waals surface area contributed by atoms with E-state index in [-0.39, 0.29) is 0 Å². The molecule has 4 nitrogen and oxygen atoms in total. The number of fused-ring (bicyclic) bond motifs is 1. The second kappa shape index (κ2) is 5.85. The number of aromatic nitrogens is 2. The van der Waals surface area contributed by atoms with Crippen LogP contribution in [0, 0.1) is 0 Å². The lowest BCUT2D eigenvalue weighted by Crippen LogP contribution is -2.16. The fourth-order valence-corrected chi connectivity index (χ4v) is 3.30. The van der Waals surface area contributed by atoms with Crippen LogP contribution in [0.3, 0.4) is 0 Å². The Bertz CT molecular complexity index is 925. The van der Waals surface area contributed by atoms with E-state index in [2.05, 4.69) is 57.5 Å². The monoisotopic (exact) mass is 321 g/mol. The van der Waals surface area contributed by atoms with E-state index < -0.39 is 0 Å². The molecule has 5 heteroatoms. The van der Waals surface area contributed by atoms with Gasteiger partial charge in [0.25, 0.3) is 0 Å². The highest BCUT2D eigenvalue weighted by molar-refractivity contribution is 7.13. The van der Waals surface area contributed by atoms with Gasteiger partial charge in [0.05, 0.1) is 11.4 Å². The summed E-state index contributed by atoms with van der Waals surface area (Å²) in [6.45, 7) is 0.576. The summed E-state index contributed by atoms with van der Waals surface area (Å²) in [5.74, 6) is 1.27. The number of thiophene rings is 1.